The van der Waals surface area contributed by atoms with Crippen molar-refractivity contribution in [2.24, 2.45) is 0 Å². The lowest BCUT2D eigenvalue weighted by molar-refractivity contribution is 0.422. The van der Waals surface area contributed by atoms with Crippen molar-refractivity contribution >= 4 is 12.6 Å². The number of benzene rings is 1. The minimum Gasteiger partial charge on any atom is -0.423 e. The fourth-order valence-corrected chi connectivity index (χ4v) is 2.93. The predicted molar refractivity (Wildman–Crippen MR) is 101 cm³/mol. The largest absolute Gasteiger partial charge is 0.493 e. The first kappa shape index (κ1) is 19.6. The molecule has 0 aliphatic carbocycles. The summed E-state index contributed by atoms with van der Waals surface area (Å²) in [4.78, 5) is 3.82. The fourth-order valence-electron chi connectivity index (χ4n) is 2.93. The van der Waals surface area contributed by atoms with E-state index in [0.29, 0.717) is 5.69 Å². The van der Waals surface area contributed by atoms with E-state index in [-0.39, 0.29) is 5.46 Å². The fraction of sp³-hybridized carbons (Fsp3) is 0.450. The number of nitrogens with zero attached hydrogens (tertiary/aromatic N) is 1. The van der Waals surface area contributed by atoms with Gasteiger partial charge in [0.05, 0.1) is 5.69 Å². The van der Waals surface area contributed by atoms with Crippen LogP contribution in [-0.2, 0) is 6.42 Å². The number of aryl methyl sites for hydroxylation is 1. The van der Waals surface area contributed by atoms with E-state index in [2.05, 4.69) is 24.0 Å². The van der Waals surface area contributed by atoms with Gasteiger partial charge in [-0.25, -0.2) is 4.98 Å². The quantitative estimate of drug-likeness (QED) is 0.391. The van der Waals surface area contributed by atoms with E-state index in [1.807, 2.05) is 12.1 Å². The summed E-state index contributed by atoms with van der Waals surface area (Å²) in [6.07, 6.45) is 10.1. The van der Waals surface area contributed by atoms with E-state index in [9.17, 15) is 4.39 Å². The Hall–Kier alpha value is -1.72. The molecule has 0 spiro atoms. The first-order valence-corrected chi connectivity index (χ1v) is 9.23. The Morgan fingerprint density at radius 3 is 2.12 bits per heavy atom. The molecule has 25 heavy (non-hydrogen) atoms. The lowest BCUT2D eigenvalue weighted by atomic mass is 9.81. The highest BCUT2D eigenvalue weighted by Crippen LogP contribution is 2.19. The van der Waals surface area contributed by atoms with Crippen LogP contribution in [0.3, 0.4) is 0 Å². The molecule has 2 aromatic rings. The third-order valence-corrected chi connectivity index (χ3v) is 4.47. The molecule has 2 rings (SSSR count). The second kappa shape index (κ2) is 10.3. The SMILES string of the molecule is CCCCCCCCCc1ccc(-c2ccc(B(O)O)c(F)n2)cc1. The standard InChI is InChI=1S/C20H27BFNO2/c1-2-3-4-5-6-7-8-9-16-10-12-17(13-11-16)19-15-14-18(21(24)25)20(22)23-19/h10-15,24-25H,2-9H2,1H3. The molecule has 0 unspecified atom stereocenters. The van der Waals surface area contributed by atoms with Gasteiger partial charge in [-0.15, -0.1) is 0 Å². The maximum Gasteiger partial charge on any atom is 0.493 e. The average molecular weight is 343 g/mol. The van der Waals surface area contributed by atoms with Crippen molar-refractivity contribution in [1.29, 1.82) is 0 Å². The van der Waals surface area contributed by atoms with Crippen molar-refractivity contribution in [3.8, 4) is 11.3 Å². The van der Waals surface area contributed by atoms with Crippen LogP contribution >= 0.6 is 0 Å². The maximum absolute atomic E-state index is 13.8. The van der Waals surface area contributed by atoms with Gasteiger partial charge in [-0.1, -0.05) is 75.8 Å². The molecule has 0 bridgehead atoms. The van der Waals surface area contributed by atoms with Gasteiger partial charge in [0.2, 0.25) is 5.95 Å². The molecule has 0 amide bonds. The zero-order valence-electron chi connectivity index (χ0n) is 14.9. The lowest BCUT2D eigenvalue weighted by Gasteiger charge is -2.06. The average Bonchev–Trinajstić information content (AvgIpc) is 2.61. The molecule has 2 N–H and O–H groups in total. The number of rotatable bonds is 10. The topological polar surface area (TPSA) is 53.4 Å². The number of pyridine rings is 1. The minimum absolute atomic E-state index is 0.209. The van der Waals surface area contributed by atoms with Crippen LogP contribution in [0.5, 0.6) is 0 Å². The molecule has 0 radical (unpaired) electrons. The summed E-state index contributed by atoms with van der Waals surface area (Å²) in [5.41, 5.74) is 2.38. The molecular formula is C20H27BFNO2. The summed E-state index contributed by atoms with van der Waals surface area (Å²) in [6, 6.07) is 10.9. The summed E-state index contributed by atoms with van der Waals surface area (Å²) >= 11 is 0. The van der Waals surface area contributed by atoms with Crippen molar-refractivity contribution < 1.29 is 14.4 Å². The van der Waals surface area contributed by atoms with Crippen LogP contribution in [0.4, 0.5) is 4.39 Å². The zero-order valence-corrected chi connectivity index (χ0v) is 14.9. The molecule has 0 saturated heterocycles. The van der Waals surface area contributed by atoms with E-state index in [1.54, 1.807) is 6.07 Å². The normalized spacial score (nSPS) is 10.9. The van der Waals surface area contributed by atoms with Gasteiger partial charge in [-0.2, -0.15) is 4.39 Å². The van der Waals surface area contributed by atoms with Crippen molar-refractivity contribution in [1.82, 2.24) is 4.98 Å². The van der Waals surface area contributed by atoms with Crippen LogP contribution in [0.2, 0.25) is 0 Å². The first-order valence-electron chi connectivity index (χ1n) is 9.23. The second-order valence-corrected chi connectivity index (χ2v) is 6.52. The van der Waals surface area contributed by atoms with E-state index >= 15 is 0 Å². The van der Waals surface area contributed by atoms with E-state index < -0.39 is 13.1 Å². The molecule has 0 atom stereocenters. The Kier molecular flexibility index (Phi) is 8.09. The zero-order chi connectivity index (χ0) is 18.1. The molecular weight excluding hydrogens is 316 g/mol. The van der Waals surface area contributed by atoms with E-state index in [0.717, 1.165) is 12.0 Å². The first-order chi connectivity index (χ1) is 12.1. The third-order valence-electron chi connectivity index (χ3n) is 4.47. The molecule has 0 saturated carbocycles. The molecule has 0 aliphatic heterocycles. The molecule has 0 fully saturated rings. The predicted octanol–water partition coefficient (Wildman–Crippen LogP) is 3.86. The molecule has 1 aromatic carbocycles. The molecule has 1 heterocycles. The van der Waals surface area contributed by atoms with Crippen LogP contribution in [0.15, 0.2) is 36.4 Å². The Morgan fingerprint density at radius 1 is 0.880 bits per heavy atom. The van der Waals surface area contributed by atoms with Gasteiger partial charge >= 0.3 is 7.12 Å². The number of hydrogen-bond donors (Lipinski definition) is 2. The summed E-state index contributed by atoms with van der Waals surface area (Å²) in [7, 11) is -1.84. The van der Waals surface area contributed by atoms with Gasteiger partial charge < -0.3 is 10.0 Å². The van der Waals surface area contributed by atoms with Crippen LogP contribution in [0.25, 0.3) is 11.3 Å². The highest BCUT2D eigenvalue weighted by atomic mass is 19.1. The monoisotopic (exact) mass is 343 g/mol. The summed E-state index contributed by atoms with van der Waals surface area (Å²) < 4.78 is 13.8. The Labute approximate surface area is 150 Å². The van der Waals surface area contributed by atoms with Gasteiger partial charge in [-0.05, 0) is 24.5 Å². The van der Waals surface area contributed by atoms with Crippen molar-refractivity contribution in [2.45, 2.75) is 58.3 Å². The van der Waals surface area contributed by atoms with Crippen LogP contribution in [0, 0.1) is 5.95 Å². The number of halogens is 1. The Balaban J connectivity index is 1.84. The van der Waals surface area contributed by atoms with Gasteiger partial charge in [0.25, 0.3) is 0 Å². The van der Waals surface area contributed by atoms with Crippen LogP contribution in [-0.4, -0.2) is 22.2 Å². The van der Waals surface area contributed by atoms with Gasteiger partial charge in [0.15, 0.2) is 0 Å². The van der Waals surface area contributed by atoms with Gasteiger partial charge in [0, 0.05) is 11.0 Å². The number of unbranched alkanes of at least 4 members (excludes halogenated alkanes) is 6. The highest BCUT2D eigenvalue weighted by Gasteiger charge is 2.18. The Morgan fingerprint density at radius 2 is 1.52 bits per heavy atom. The van der Waals surface area contributed by atoms with E-state index in [1.165, 1.54) is 56.6 Å². The molecule has 134 valence electrons. The highest BCUT2D eigenvalue weighted by molar-refractivity contribution is 6.58. The second-order valence-electron chi connectivity index (χ2n) is 6.52. The number of hydrogen-bond acceptors (Lipinski definition) is 3. The van der Waals surface area contributed by atoms with Crippen molar-refractivity contribution in [2.75, 3.05) is 0 Å². The van der Waals surface area contributed by atoms with Crippen LogP contribution in [0.1, 0.15) is 57.4 Å². The van der Waals surface area contributed by atoms with E-state index in [4.69, 9.17) is 10.0 Å². The third kappa shape index (κ3) is 6.26. The minimum atomic E-state index is -1.84. The summed E-state index contributed by atoms with van der Waals surface area (Å²) in [5, 5.41) is 18.1. The van der Waals surface area contributed by atoms with Crippen molar-refractivity contribution in [3.05, 3.63) is 47.9 Å². The van der Waals surface area contributed by atoms with Gasteiger partial charge in [0.1, 0.15) is 0 Å². The summed E-state index contributed by atoms with van der Waals surface area (Å²) in [6.45, 7) is 2.23. The Bertz CT molecular complexity index is 647. The molecule has 3 nitrogen and oxygen atoms in total. The molecule has 0 aliphatic rings. The molecule has 1 aromatic heterocycles. The smallest absolute Gasteiger partial charge is 0.423 e. The lowest BCUT2D eigenvalue weighted by Crippen LogP contribution is -2.33. The molecule has 5 heteroatoms. The maximum atomic E-state index is 13.8. The van der Waals surface area contributed by atoms with Crippen molar-refractivity contribution in [3.63, 3.8) is 0 Å². The summed E-state index contributed by atoms with van der Waals surface area (Å²) in [5.74, 6) is -0.848. The number of aromatic nitrogens is 1. The van der Waals surface area contributed by atoms with Gasteiger partial charge in [-0.3, -0.25) is 0 Å². The van der Waals surface area contributed by atoms with Crippen LogP contribution < -0.4 is 5.46 Å².